The van der Waals surface area contributed by atoms with E-state index in [-0.39, 0.29) is 0 Å². The van der Waals surface area contributed by atoms with E-state index in [1.807, 2.05) is 31.2 Å². The van der Waals surface area contributed by atoms with Crippen molar-refractivity contribution in [3.63, 3.8) is 0 Å². The number of hydrogen-bond donors (Lipinski definition) is 3. The van der Waals surface area contributed by atoms with Gasteiger partial charge in [0.2, 0.25) is 11.8 Å². The van der Waals surface area contributed by atoms with Crippen LogP contribution in [0.4, 0.5) is 17.6 Å². The second kappa shape index (κ2) is 9.05. The number of H-pyrrole nitrogens is 2. The Morgan fingerprint density at radius 3 is 2.69 bits per heavy atom. The van der Waals surface area contributed by atoms with Crippen LogP contribution in [0.5, 0.6) is 11.6 Å². The Bertz CT molecular complexity index is 1350. The van der Waals surface area contributed by atoms with Gasteiger partial charge in [0.1, 0.15) is 11.6 Å². The van der Waals surface area contributed by atoms with Gasteiger partial charge in [-0.05, 0) is 45.0 Å². The number of likely N-dealkylation sites (N-methyl/N-ethyl adjacent to an activating group) is 1. The number of rotatable bonds is 6. The number of aromatic nitrogens is 5. The molecule has 0 unspecified atom stereocenters. The summed E-state index contributed by atoms with van der Waals surface area (Å²) < 4.78 is 6.23. The summed E-state index contributed by atoms with van der Waals surface area (Å²) in [6, 6.07) is 9.78. The molecule has 2 aliphatic rings. The fourth-order valence-corrected chi connectivity index (χ4v) is 4.90. The molecule has 0 bridgehead atoms. The van der Waals surface area contributed by atoms with E-state index in [0.717, 1.165) is 54.3 Å². The number of piperazine rings is 1. The average Bonchev–Trinajstić information content (AvgIpc) is 3.41. The molecule has 4 heterocycles. The molecule has 0 spiro atoms. The highest BCUT2D eigenvalue weighted by molar-refractivity contribution is 6.37. The Labute approximate surface area is 208 Å². The zero-order chi connectivity index (χ0) is 23.9. The van der Waals surface area contributed by atoms with Crippen molar-refractivity contribution in [1.82, 2.24) is 30.0 Å². The van der Waals surface area contributed by atoms with Crippen LogP contribution in [0.3, 0.4) is 0 Å². The Balaban J connectivity index is 1.31. The van der Waals surface area contributed by atoms with Crippen LogP contribution >= 0.6 is 11.6 Å². The van der Waals surface area contributed by atoms with Gasteiger partial charge in [0.25, 0.3) is 0 Å². The zero-order valence-corrected chi connectivity index (χ0v) is 20.7. The van der Waals surface area contributed by atoms with Crippen LogP contribution in [0.15, 0.2) is 30.3 Å². The van der Waals surface area contributed by atoms with Crippen molar-refractivity contribution < 1.29 is 4.74 Å². The Morgan fingerprint density at radius 1 is 1.09 bits per heavy atom. The summed E-state index contributed by atoms with van der Waals surface area (Å²) in [6.07, 6.45) is 3.70. The first-order chi connectivity index (χ1) is 17.0. The van der Waals surface area contributed by atoms with Gasteiger partial charge in [-0.3, -0.25) is 5.10 Å². The number of fused-ring (bicyclic) bond motifs is 1. The lowest BCUT2D eigenvalue weighted by molar-refractivity contribution is 0.312. The molecule has 10 heteroatoms. The molecule has 182 valence electrons. The number of aromatic amines is 2. The standard InChI is InChI=1S/C25H29ClN8O/c1-15-12-17-18(27-15)6-7-20(24(17)26)35-23-14-22(34-10-8-33(2)9-11-34)29-25(30-23)28-21-13-19(31-32-21)16-4-3-5-16/h6-7,12-14,16,27H,3-5,8-11H2,1-2H3,(H2,28,29,30,31,32). The van der Waals surface area contributed by atoms with Crippen molar-refractivity contribution in [2.75, 3.05) is 43.4 Å². The fraction of sp³-hybridized carbons (Fsp3) is 0.400. The average molecular weight is 493 g/mol. The highest BCUT2D eigenvalue weighted by atomic mass is 35.5. The van der Waals surface area contributed by atoms with Crippen LogP contribution in [-0.2, 0) is 0 Å². The van der Waals surface area contributed by atoms with E-state index in [1.54, 1.807) is 0 Å². The lowest BCUT2D eigenvalue weighted by Crippen LogP contribution is -2.44. The number of nitrogens with one attached hydrogen (secondary N) is 3. The molecule has 3 N–H and O–H groups in total. The molecule has 1 aromatic carbocycles. The summed E-state index contributed by atoms with van der Waals surface area (Å²) >= 11 is 6.70. The summed E-state index contributed by atoms with van der Waals surface area (Å²) in [4.78, 5) is 17.3. The normalized spacial score (nSPS) is 17.1. The minimum Gasteiger partial charge on any atom is -0.437 e. The minimum atomic E-state index is 0.430. The largest absolute Gasteiger partial charge is 0.437 e. The molecule has 1 saturated heterocycles. The molecule has 1 aliphatic carbocycles. The van der Waals surface area contributed by atoms with Crippen molar-refractivity contribution >= 4 is 40.1 Å². The lowest BCUT2D eigenvalue weighted by atomic mass is 9.83. The maximum absolute atomic E-state index is 6.70. The molecule has 6 rings (SSSR count). The van der Waals surface area contributed by atoms with E-state index in [2.05, 4.69) is 48.4 Å². The molecule has 0 atom stereocenters. The lowest BCUT2D eigenvalue weighted by Gasteiger charge is -2.33. The highest BCUT2D eigenvalue weighted by Crippen LogP contribution is 2.37. The first kappa shape index (κ1) is 22.2. The van der Waals surface area contributed by atoms with Crippen molar-refractivity contribution in [3.8, 4) is 11.6 Å². The quantitative estimate of drug-likeness (QED) is 0.340. The van der Waals surface area contributed by atoms with E-state index in [0.29, 0.717) is 34.3 Å². The molecular formula is C25H29ClN8O. The van der Waals surface area contributed by atoms with Crippen LogP contribution in [0.2, 0.25) is 5.02 Å². The predicted molar refractivity (Wildman–Crippen MR) is 138 cm³/mol. The van der Waals surface area contributed by atoms with Crippen LogP contribution in [-0.4, -0.2) is 63.3 Å². The summed E-state index contributed by atoms with van der Waals surface area (Å²) in [5.41, 5.74) is 3.18. The molecule has 0 radical (unpaired) electrons. The molecule has 1 saturated carbocycles. The van der Waals surface area contributed by atoms with E-state index in [1.165, 1.54) is 19.3 Å². The van der Waals surface area contributed by atoms with Gasteiger partial charge in [0.05, 0.1) is 5.02 Å². The van der Waals surface area contributed by atoms with Crippen molar-refractivity contribution in [3.05, 3.63) is 46.7 Å². The number of aryl methyl sites for hydroxylation is 1. The van der Waals surface area contributed by atoms with Gasteiger partial charge in [-0.2, -0.15) is 15.1 Å². The van der Waals surface area contributed by atoms with Crippen molar-refractivity contribution in [2.45, 2.75) is 32.1 Å². The number of anilines is 3. The van der Waals surface area contributed by atoms with Crippen LogP contribution in [0, 0.1) is 6.92 Å². The van der Waals surface area contributed by atoms with Crippen LogP contribution < -0.4 is 15.0 Å². The molecule has 3 aromatic heterocycles. The number of hydrogen-bond acceptors (Lipinski definition) is 7. The maximum atomic E-state index is 6.70. The molecule has 9 nitrogen and oxygen atoms in total. The predicted octanol–water partition coefficient (Wildman–Crippen LogP) is 5.20. The zero-order valence-electron chi connectivity index (χ0n) is 19.9. The van der Waals surface area contributed by atoms with E-state index in [9.17, 15) is 0 Å². The molecule has 0 amide bonds. The molecule has 4 aromatic rings. The van der Waals surface area contributed by atoms with Gasteiger partial charge in [0.15, 0.2) is 5.82 Å². The van der Waals surface area contributed by atoms with E-state index < -0.39 is 0 Å². The van der Waals surface area contributed by atoms with Crippen LogP contribution in [0.25, 0.3) is 10.9 Å². The summed E-state index contributed by atoms with van der Waals surface area (Å²) in [5.74, 6) is 3.52. The van der Waals surface area contributed by atoms with Gasteiger partial charge < -0.3 is 24.8 Å². The first-order valence-electron chi connectivity index (χ1n) is 12.1. The number of nitrogens with zero attached hydrogens (tertiary/aromatic N) is 5. The Kier molecular flexibility index (Phi) is 5.74. The third kappa shape index (κ3) is 4.53. The van der Waals surface area contributed by atoms with Crippen molar-refractivity contribution in [2.24, 2.45) is 0 Å². The van der Waals surface area contributed by atoms with Crippen molar-refractivity contribution in [1.29, 1.82) is 0 Å². The topological polar surface area (TPSA) is 98.0 Å². The molecule has 35 heavy (non-hydrogen) atoms. The van der Waals surface area contributed by atoms with Crippen LogP contribution in [0.1, 0.15) is 36.6 Å². The molecule has 1 aliphatic heterocycles. The Morgan fingerprint density at radius 2 is 1.91 bits per heavy atom. The van der Waals surface area contributed by atoms with Gasteiger partial charge in [-0.25, -0.2) is 0 Å². The van der Waals surface area contributed by atoms with Gasteiger partial charge >= 0.3 is 0 Å². The fourth-order valence-electron chi connectivity index (χ4n) is 4.64. The summed E-state index contributed by atoms with van der Waals surface area (Å²) in [7, 11) is 2.14. The maximum Gasteiger partial charge on any atom is 0.233 e. The summed E-state index contributed by atoms with van der Waals surface area (Å²) in [5, 5.41) is 12.3. The van der Waals surface area contributed by atoms with Gasteiger partial charge in [-0.15, -0.1) is 0 Å². The first-order valence-corrected chi connectivity index (χ1v) is 12.5. The highest BCUT2D eigenvalue weighted by Gasteiger charge is 2.22. The smallest absolute Gasteiger partial charge is 0.233 e. The molecular weight excluding hydrogens is 464 g/mol. The third-order valence-electron chi connectivity index (χ3n) is 6.95. The molecule has 2 fully saturated rings. The summed E-state index contributed by atoms with van der Waals surface area (Å²) in [6.45, 7) is 5.73. The number of ether oxygens (including phenoxy) is 1. The SMILES string of the molecule is Cc1cc2c(Cl)c(Oc3cc(N4CCN(C)CC4)nc(Nc4cc(C5CCC5)[nH]n4)n3)ccc2[nH]1. The van der Waals surface area contributed by atoms with E-state index >= 15 is 0 Å². The Hall–Kier alpha value is -3.30. The number of benzene rings is 1. The van der Waals surface area contributed by atoms with Gasteiger partial charge in [-0.1, -0.05) is 18.0 Å². The second-order valence-electron chi connectivity index (χ2n) is 9.53. The second-order valence-corrected chi connectivity index (χ2v) is 9.91. The monoisotopic (exact) mass is 492 g/mol. The minimum absolute atomic E-state index is 0.430. The number of halogens is 1. The van der Waals surface area contributed by atoms with Gasteiger partial charge in [0, 0.05) is 66.5 Å². The third-order valence-corrected chi connectivity index (χ3v) is 7.34. The van der Waals surface area contributed by atoms with E-state index in [4.69, 9.17) is 21.3 Å².